The predicted molar refractivity (Wildman–Crippen MR) is 142 cm³/mol. The molecule has 2 amide bonds. The quantitative estimate of drug-likeness (QED) is 0.340. The van der Waals surface area contributed by atoms with Crippen molar-refractivity contribution in [3.8, 4) is 17.1 Å². The number of benzene rings is 1. The summed E-state index contributed by atoms with van der Waals surface area (Å²) in [4.78, 5) is 62.3. The van der Waals surface area contributed by atoms with E-state index in [4.69, 9.17) is 13.6 Å². The van der Waals surface area contributed by atoms with Crippen LogP contribution in [0, 0.1) is 6.92 Å². The van der Waals surface area contributed by atoms with Gasteiger partial charge in [0.1, 0.15) is 23.3 Å². The number of hydrogen-bond donors (Lipinski definition) is 2. The van der Waals surface area contributed by atoms with Gasteiger partial charge in [-0.2, -0.15) is 0 Å². The highest BCUT2D eigenvalue weighted by Crippen LogP contribution is 2.34. The first-order chi connectivity index (χ1) is 18.5. The fourth-order valence-corrected chi connectivity index (χ4v) is 4.09. The van der Waals surface area contributed by atoms with Gasteiger partial charge in [-0.3, -0.25) is 28.3 Å². The van der Waals surface area contributed by atoms with Gasteiger partial charge in [-0.25, -0.2) is 4.79 Å². The highest BCUT2D eigenvalue weighted by Gasteiger charge is 2.24. The number of nitrogens with zero attached hydrogens (tertiary/aromatic N) is 2. The molecular weight excluding hydrogens is 508 g/mol. The molecule has 2 N–H and O–H groups in total. The molecule has 1 aromatic carbocycles. The lowest BCUT2D eigenvalue weighted by atomic mass is 10.0. The van der Waals surface area contributed by atoms with Crippen molar-refractivity contribution >= 4 is 23.0 Å². The molecule has 0 saturated heterocycles. The summed E-state index contributed by atoms with van der Waals surface area (Å²) in [5, 5.41) is 5.24. The molecule has 0 aliphatic heterocycles. The smallest absolute Gasteiger partial charge is 0.330 e. The number of nitrogens with one attached hydrogen (secondary N) is 2. The van der Waals surface area contributed by atoms with Gasteiger partial charge in [0.05, 0.1) is 25.6 Å². The molecule has 0 fully saturated rings. The summed E-state index contributed by atoms with van der Waals surface area (Å²) in [6.45, 7) is 3.03. The number of hydrogen-bond acceptors (Lipinski definition) is 8. The van der Waals surface area contributed by atoms with Crippen LogP contribution < -0.4 is 32.0 Å². The predicted octanol–water partition coefficient (Wildman–Crippen LogP) is 1.13. The number of methoxy groups -OCH3 is 1. The summed E-state index contributed by atoms with van der Waals surface area (Å²) in [6.07, 6.45) is -0.235. The van der Waals surface area contributed by atoms with Crippen molar-refractivity contribution < 1.29 is 23.2 Å². The summed E-state index contributed by atoms with van der Waals surface area (Å²) in [5.74, 6) is 0.230. The fraction of sp³-hybridized carbons (Fsp3) is 0.296. The monoisotopic (exact) mass is 536 g/mol. The minimum Gasteiger partial charge on any atom is -0.497 e. The van der Waals surface area contributed by atoms with Gasteiger partial charge in [0.15, 0.2) is 5.58 Å². The third-order valence-electron chi connectivity index (χ3n) is 6.31. The third kappa shape index (κ3) is 5.54. The normalized spacial score (nSPS) is 11.8. The Hall–Kier alpha value is -4.87. The SMILES string of the molecule is COc1ccc(-c2oc3c(=O)cc(C)oc3c2CC(=O)N[C@@H](C)C(=O)NCc2cc(=O)n(C)c(=O)n2C)cc1. The molecule has 4 aromatic rings. The van der Waals surface area contributed by atoms with Crippen molar-refractivity contribution in [2.24, 2.45) is 14.1 Å². The Labute approximate surface area is 221 Å². The molecule has 4 rings (SSSR count). The van der Waals surface area contributed by atoms with Crippen molar-refractivity contribution in [2.45, 2.75) is 32.9 Å². The van der Waals surface area contributed by atoms with Crippen LogP contribution in [-0.2, 0) is 36.6 Å². The Morgan fingerprint density at radius 2 is 1.69 bits per heavy atom. The number of furan rings is 1. The van der Waals surface area contributed by atoms with E-state index in [1.165, 1.54) is 44.8 Å². The summed E-state index contributed by atoms with van der Waals surface area (Å²) < 4.78 is 19.0. The zero-order valence-corrected chi connectivity index (χ0v) is 22.1. The van der Waals surface area contributed by atoms with Gasteiger partial charge in [-0.05, 0) is 38.1 Å². The second-order valence-electron chi connectivity index (χ2n) is 9.08. The number of carbonyl (C=O) groups is 2. The van der Waals surface area contributed by atoms with Crippen LogP contribution in [0.2, 0.25) is 0 Å². The van der Waals surface area contributed by atoms with E-state index in [-0.39, 0.29) is 35.3 Å². The first-order valence-corrected chi connectivity index (χ1v) is 12.0. The molecule has 0 aliphatic carbocycles. The van der Waals surface area contributed by atoms with Crippen LogP contribution in [0.4, 0.5) is 0 Å². The fourth-order valence-electron chi connectivity index (χ4n) is 4.09. The third-order valence-corrected chi connectivity index (χ3v) is 6.31. The van der Waals surface area contributed by atoms with Gasteiger partial charge in [-0.15, -0.1) is 0 Å². The van der Waals surface area contributed by atoms with Gasteiger partial charge < -0.3 is 24.2 Å². The van der Waals surface area contributed by atoms with Gasteiger partial charge in [0.25, 0.3) is 5.56 Å². The van der Waals surface area contributed by atoms with Gasteiger partial charge >= 0.3 is 5.69 Å². The average molecular weight is 537 g/mol. The van der Waals surface area contributed by atoms with Crippen molar-refractivity contribution in [3.05, 3.63) is 84.5 Å². The molecule has 1 atom stereocenters. The van der Waals surface area contributed by atoms with E-state index in [1.54, 1.807) is 31.2 Å². The van der Waals surface area contributed by atoms with Crippen LogP contribution in [-0.4, -0.2) is 34.1 Å². The van der Waals surface area contributed by atoms with E-state index in [9.17, 15) is 24.0 Å². The molecule has 204 valence electrons. The number of carbonyl (C=O) groups excluding carboxylic acids is 2. The number of ether oxygens (including phenoxy) is 1. The average Bonchev–Trinajstić information content (AvgIpc) is 3.26. The van der Waals surface area contributed by atoms with Crippen LogP contribution >= 0.6 is 0 Å². The van der Waals surface area contributed by atoms with Crippen LogP contribution in [0.3, 0.4) is 0 Å². The summed E-state index contributed by atoms with van der Waals surface area (Å²) >= 11 is 0. The van der Waals surface area contributed by atoms with Crippen LogP contribution in [0.1, 0.15) is 23.9 Å². The molecule has 0 saturated carbocycles. The first-order valence-electron chi connectivity index (χ1n) is 12.0. The topological polar surface area (TPSA) is 155 Å². The molecule has 0 unspecified atom stereocenters. The molecular formula is C27H28N4O8. The highest BCUT2D eigenvalue weighted by molar-refractivity contribution is 5.92. The highest BCUT2D eigenvalue weighted by atomic mass is 16.5. The summed E-state index contributed by atoms with van der Waals surface area (Å²) in [7, 11) is 4.39. The molecule has 12 heteroatoms. The second-order valence-corrected chi connectivity index (χ2v) is 9.08. The van der Waals surface area contributed by atoms with Gasteiger partial charge in [0.2, 0.25) is 22.8 Å². The molecule has 0 spiro atoms. The standard InChI is InChI=1S/C27H28N4O8/c1-14-10-20(32)25-24(38-14)19(23(39-25)16-6-8-18(37-5)9-7-16)12-21(33)29-15(2)26(35)28-13-17-11-22(34)31(4)27(36)30(17)3/h6-11,15H,12-13H2,1-5H3,(H,28,35)(H,29,33)/t15-/m0/s1. The molecule has 0 radical (unpaired) electrons. The van der Waals surface area contributed by atoms with Gasteiger partial charge in [-0.1, -0.05) is 0 Å². The lowest BCUT2D eigenvalue weighted by Gasteiger charge is -2.15. The minimum atomic E-state index is -0.947. The zero-order chi connectivity index (χ0) is 28.4. The minimum absolute atomic E-state index is 0.0142. The Bertz CT molecular complexity index is 1740. The Morgan fingerprint density at radius 1 is 1.00 bits per heavy atom. The number of amides is 2. The van der Waals surface area contributed by atoms with E-state index >= 15 is 0 Å². The van der Waals surface area contributed by atoms with Crippen molar-refractivity contribution in [1.29, 1.82) is 0 Å². The molecule has 0 aliphatic rings. The van der Waals surface area contributed by atoms with E-state index in [2.05, 4.69) is 10.6 Å². The number of aromatic nitrogens is 2. The lowest BCUT2D eigenvalue weighted by molar-refractivity contribution is -0.128. The Balaban J connectivity index is 1.54. The summed E-state index contributed by atoms with van der Waals surface area (Å²) in [6, 6.07) is 8.52. The first kappa shape index (κ1) is 27.2. The van der Waals surface area contributed by atoms with E-state index in [0.29, 0.717) is 28.3 Å². The van der Waals surface area contributed by atoms with Crippen molar-refractivity contribution in [2.75, 3.05) is 7.11 Å². The van der Waals surface area contributed by atoms with E-state index in [1.807, 2.05) is 0 Å². The van der Waals surface area contributed by atoms with Crippen LogP contribution in [0.5, 0.6) is 5.75 Å². The van der Waals surface area contributed by atoms with Crippen molar-refractivity contribution in [3.63, 3.8) is 0 Å². The maximum atomic E-state index is 13.0. The number of fused-ring (bicyclic) bond motifs is 1. The number of aryl methyl sites for hydroxylation is 1. The molecule has 3 aromatic heterocycles. The Kier molecular flexibility index (Phi) is 7.56. The largest absolute Gasteiger partial charge is 0.497 e. The second kappa shape index (κ2) is 10.9. The van der Waals surface area contributed by atoms with Crippen LogP contribution in [0.15, 0.2) is 59.6 Å². The van der Waals surface area contributed by atoms with E-state index in [0.717, 1.165) is 4.57 Å². The summed E-state index contributed by atoms with van der Waals surface area (Å²) in [5.41, 5.74) is 0.0240. The Morgan fingerprint density at radius 3 is 2.36 bits per heavy atom. The van der Waals surface area contributed by atoms with Crippen LogP contribution in [0.25, 0.3) is 22.5 Å². The molecule has 3 heterocycles. The molecule has 0 bridgehead atoms. The number of rotatable bonds is 8. The molecule has 12 nitrogen and oxygen atoms in total. The maximum absolute atomic E-state index is 13.0. The molecule has 39 heavy (non-hydrogen) atoms. The van der Waals surface area contributed by atoms with Gasteiger partial charge in [0, 0.05) is 37.5 Å². The maximum Gasteiger partial charge on any atom is 0.330 e. The lowest BCUT2D eigenvalue weighted by Crippen LogP contribution is -2.46. The van der Waals surface area contributed by atoms with Crippen molar-refractivity contribution in [1.82, 2.24) is 19.8 Å². The zero-order valence-electron chi connectivity index (χ0n) is 22.1. The van der Waals surface area contributed by atoms with E-state index < -0.39 is 29.1 Å².